The summed E-state index contributed by atoms with van der Waals surface area (Å²) in [5, 5.41) is 16.0. The van der Waals surface area contributed by atoms with Crippen LogP contribution in [0, 0.1) is 11.3 Å². The molecule has 41 heavy (non-hydrogen) atoms. The predicted octanol–water partition coefficient (Wildman–Crippen LogP) is 10.1. The van der Waals surface area contributed by atoms with Gasteiger partial charge in [-0.15, -0.1) is 0 Å². The van der Waals surface area contributed by atoms with Gasteiger partial charge in [-0.05, 0) is 83.9 Å². The van der Waals surface area contributed by atoms with Crippen molar-refractivity contribution in [2.45, 2.75) is 0 Å². The lowest BCUT2D eigenvalue weighted by Crippen LogP contribution is -1.93. The Bertz CT molecular complexity index is 2500. The molecule has 0 N–H and O–H groups in total. The van der Waals surface area contributed by atoms with Crippen LogP contribution >= 0.6 is 0 Å². The Morgan fingerprint density at radius 1 is 0.463 bits per heavy atom. The van der Waals surface area contributed by atoms with Crippen molar-refractivity contribution < 1.29 is 8.83 Å². The van der Waals surface area contributed by atoms with Crippen molar-refractivity contribution in [3.05, 3.63) is 127 Å². The van der Waals surface area contributed by atoms with E-state index in [0.717, 1.165) is 60.7 Å². The first kappa shape index (κ1) is 22.1. The molecule has 0 atom stereocenters. The Hall–Kier alpha value is -5.79. The molecule has 4 nitrogen and oxygen atoms in total. The second-order valence-electron chi connectivity index (χ2n) is 10.5. The molecule has 0 spiro atoms. The second kappa shape index (κ2) is 8.11. The van der Waals surface area contributed by atoms with Gasteiger partial charge in [0.2, 0.25) is 0 Å². The number of para-hydroxylation sites is 2. The third-order valence-corrected chi connectivity index (χ3v) is 8.22. The van der Waals surface area contributed by atoms with Crippen LogP contribution in [0.2, 0.25) is 0 Å². The molecule has 0 aliphatic rings. The molecule has 3 aromatic heterocycles. The molecule has 9 aromatic rings. The third kappa shape index (κ3) is 3.15. The molecule has 0 aliphatic carbocycles. The van der Waals surface area contributed by atoms with Crippen molar-refractivity contribution in [1.29, 1.82) is 5.26 Å². The minimum Gasteiger partial charge on any atom is -0.456 e. The van der Waals surface area contributed by atoms with Crippen molar-refractivity contribution >= 4 is 65.7 Å². The topological polar surface area (TPSA) is 55.0 Å². The van der Waals surface area contributed by atoms with Gasteiger partial charge in [-0.1, -0.05) is 48.5 Å². The van der Waals surface area contributed by atoms with Gasteiger partial charge in [-0.25, -0.2) is 0 Å². The molecule has 9 rings (SSSR count). The van der Waals surface area contributed by atoms with Crippen LogP contribution in [0.25, 0.3) is 82.5 Å². The van der Waals surface area contributed by atoms with E-state index in [-0.39, 0.29) is 0 Å². The first-order chi connectivity index (χ1) is 20.2. The van der Waals surface area contributed by atoms with Crippen molar-refractivity contribution in [3.63, 3.8) is 0 Å². The number of fused-ring (bicyclic) bond motifs is 9. The lowest BCUT2D eigenvalue weighted by atomic mass is 10.0. The average molecular weight is 525 g/mol. The third-order valence-electron chi connectivity index (χ3n) is 8.22. The van der Waals surface area contributed by atoms with E-state index in [9.17, 15) is 5.26 Å². The molecule has 3 heterocycles. The maximum absolute atomic E-state index is 9.40. The Balaban J connectivity index is 1.24. The fourth-order valence-corrected chi connectivity index (χ4v) is 6.31. The first-order valence-electron chi connectivity index (χ1n) is 13.6. The van der Waals surface area contributed by atoms with Crippen LogP contribution in [0.3, 0.4) is 0 Å². The van der Waals surface area contributed by atoms with E-state index in [0.29, 0.717) is 5.56 Å². The van der Waals surface area contributed by atoms with Crippen LogP contribution in [0.4, 0.5) is 0 Å². The molecule has 4 heteroatoms. The minimum absolute atomic E-state index is 0.621. The van der Waals surface area contributed by atoms with E-state index in [4.69, 9.17) is 8.83 Å². The maximum atomic E-state index is 9.40. The van der Waals surface area contributed by atoms with Gasteiger partial charge in [0.1, 0.15) is 22.3 Å². The zero-order valence-corrected chi connectivity index (χ0v) is 21.8. The summed E-state index contributed by atoms with van der Waals surface area (Å²) in [6, 6.07) is 44.0. The van der Waals surface area contributed by atoms with Gasteiger partial charge < -0.3 is 13.4 Å². The lowest BCUT2D eigenvalue weighted by molar-refractivity contribution is 0.668. The molecule has 6 aromatic carbocycles. The first-order valence-corrected chi connectivity index (χ1v) is 13.6. The van der Waals surface area contributed by atoms with Gasteiger partial charge in [0, 0.05) is 38.0 Å². The Labute approximate surface area is 233 Å². The second-order valence-corrected chi connectivity index (χ2v) is 10.5. The zero-order valence-electron chi connectivity index (χ0n) is 21.8. The summed E-state index contributed by atoms with van der Waals surface area (Å²) in [5.41, 5.74) is 9.57. The number of rotatable bonds is 2. The number of hydrogen-bond acceptors (Lipinski definition) is 3. The monoisotopic (exact) mass is 524 g/mol. The highest BCUT2D eigenvalue weighted by Crippen LogP contribution is 2.38. The Morgan fingerprint density at radius 2 is 0.951 bits per heavy atom. The summed E-state index contributed by atoms with van der Waals surface area (Å²) in [6.07, 6.45) is 0. The van der Waals surface area contributed by atoms with Crippen molar-refractivity contribution in [2.75, 3.05) is 0 Å². The average Bonchev–Trinajstić information content (AvgIpc) is 3.69. The summed E-state index contributed by atoms with van der Waals surface area (Å²) in [6.45, 7) is 0. The molecular formula is C37H20N2O2. The molecule has 0 bridgehead atoms. The fourth-order valence-electron chi connectivity index (χ4n) is 6.31. The van der Waals surface area contributed by atoms with Gasteiger partial charge in [0.15, 0.2) is 0 Å². The fraction of sp³-hybridized carbons (Fsp3) is 0. The van der Waals surface area contributed by atoms with Crippen LogP contribution in [0.1, 0.15) is 5.56 Å². The highest BCUT2D eigenvalue weighted by atomic mass is 16.3. The standard InChI is InChI=1S/C37H20N2O2/c38-21-22-9-13-34-28(17-22)29-18-23(10-14-35(29)40-34)24-11-15-36-30(19-24)31-20-25(12-16-37(31)41-36)39-32-7-3-1-5-26(32)27-6-2-4-8-33(27)39/h1-20H. The molecule has 190 valence electrons. The minimum atomic E-state index is 0.621. The molecule has 0 saturated heterocycles. The maximum Gasteiger partial charge on any atom is 0.135 e. The van der Waals surface area contributed by atoms with Crippen molar-refractivity contribution in [2.24, 2.45) is 0 Å². The highest BCUT2D eigenvalue weighted by molar-refractivity contribution is 6.11. The number of hydrogen-bond donors (Lipinski definition) is 0. The summed E-state index contributed by atoms with van der Waals surface area (Å²) in [7, 11) is 0. The van der Waals surface area contributed by atoms with Crippen LogP contribution in [0.15, 0.2) is 130 Å². The van der Waals surface area contributed by atoms with Gasteiger partial charge >= 0.3 is 0 Å². The number of nitrogens with zero attached hydrogens (tertiary/aromatic N) is 2. The summed E-state index contributed by atoms with van der Waals surface area (Å²) < 4.78 is 14.7. The smallest absolute Gasteiger partial charge is 0.135 e. The van der Waals surface area contributed by atoms with E-state index in [1.165, 1.54) is 21.8 Å². The quantitative estimate of drug-likeness (QED) is 0.226. The highest BCUT2D eigenvalue weighted by Gasteiger charge is 2.15. The van der Waals surface area contributed by atoms with Gasteiger partial charge in [-0.3, -0.25) is 0 Å². The number of benzene rings is 6. The molecule has 0 fully saturated rings. The summed E-state index contributed by atoms with van der Waals surface area (Å²) in [4.78, 5) is 0. The lowest BCUT2D eigenvalue weighted by Gasteiger charge is -2.08. The van der Waals surface area contributed by atoms with E-state index >= 15 is 0 Å². The zero-order chi connectivity index (χ0) is 27.1. The van der Waals surface area contributed by atoms with Crippen LogP contribution < -0.4 is 0 Å². The number of furan rings is 2. The summed E-state index contributed by atoms with van der Waals surface area (Å²) in [5.74, 6) is 0. The van der Waals surface area contributed by atoms with Crippen molar-refractivity contribution in [3.8, 4) is 22.9 Å². The van der Waals surface area contributed by atoms with Gasteiger partial charge in [0.25, 0.3) is 0 Å². The molecule has 0 aliphatic heterocycles. The van der Waals surface area contributed by atoms with E-state index in [2.05, 4.69) is 108 Å². The van der Waals surface area contributed by atoms with E-state index in [1.807, 2.05) is 18.2 Å². The summed E-state index contributed by atoms with van der Waals surface area (Å²) >= 11 is 0. The number of nitriles is 1. The molecule has 0 saturated carbocycles. The molecular weight excluding hydrogens is 504 g/mol. The Morgan fingerprint density at radius 3 is 1.54 bits per heavy atom. The van der Waals surface area contributed by atoms with Gasteiger partial charge in [0.05, 0.1) is 22.7 Å². The Kier molecular flexibility index (Phi) is 4.37. The molecule has 0 amide bonds. The number of aromatic nitrogens is 1. The SMILES string of the molecule is N#Cc1ccc2oc3ccc(-c4ccc5oc6ccc(-n7c8ccccc8c8ccccc87)cc6c5c4)cc3c2c1. The van der Waals surface area contributed by atoms with Crippen LogP contribution in [-0.2, 0) is 0 Å². The predicted molar refractivity (Wildman–Crippen MR) is 165 cm³/mol. The van der Waals surface area contributed by atoms with Crippen molar-refractivity contribution in [1.82, 2.24) is 4.57 Å². The van der Waals surface area contributed by atoms with E-state index in [1.54, 1.807) is 6.07 Å². The largest absolute Gasteiger partial charge is 0.456 e. The normalized spacial score (nSPS) is 11.9. The molecule has 0 unspecified atom stereocenters. The van der Waals surface area contributed by atoms with E-state index < -0.39 is 0 Å². The molecule has 0 radical (unpaired) electrons. The van der Waals surface area contributed by atoms with Gasteiger partial charge in [-0.2, -0.15) is 5.26 Å². The van der Waals surface area contributed by atoms with Crippen LogP contribution in [0.5, 0.6) is 0 Å². The van der Waals surface area contributed by atoms with Crippen LogP contribution in [-0.4, -0.2) is 4.57 Å².